The van der Waals surface area contributed by atoms with Gasteiger partial charge in [0.25, 0.3) is 0 Å². The highest BCUT2D eigenvalue weighted by Gasteiger charge is 2.20. The molecular weight excluding hydrogens is 158 g/mol. The Balaban J connectivity index is 3.17. The molecule has 0 aliphatic rings. The maximum atomic E-state index is 11.1. The van der Waals surface area contributed by atoms with E-state index in [2.05, 4.69) is 4.74 Å². The summed E-state index contributed by atoms with van der Waals surface area (Å²) < 4.78 is 7.91. The number of methoxy groups -OCH3 is 1. The summed E-state index contributed by atoms with van der Waals surface area (Å²) in [7, 11) is 4.89. The van der Waals surface area contributed by atoms with Crippen LogP contribution < -0.4 is 10.4 Å². The van der Waals surface area contributed by atoms with Crippen LogP contribution in [0.3, 0.4) is 0 Å². The molecule has 0 radical (unpaired) electrons. The monoisotopic (exact) mass is 170 g/mol. The Labute approximate surface area is 70.3 Å². The van der Waals surface area contributed by atoms with Crippen LogP contribution in [0, 0.1) is 0 Å². The van der Waals surface area contributed by atoms with Crippen LogP contribution in [-0.4, -0.2) is 17.8 Å². The van der Waals surface area contributed by atoms with Crippen molar-refractivity contribution in [3.05, 3.63) is 11.8 Å². The number of carbonyl (C=O) groups excluding carboxylic acids is 1. The van der Waals surface area contributed by atoms with Gasteiger partial charge in [-0.2, -0.15) is 0 Å². The molecular formula is C7H12N3O2+. The Morgan fingerprint density at radius 3 is 2.67 bits per heavy atom. The summed E-state index contributed by atoms with van der Waals surface area (Å²) in [5, 5.41) is 0. The van der Waals surface area contributed by atoms with Crippen LogP contribution in [0.1, 0.15) is 10.4 Å². The molecule has 1 heterocycles. The van der Waals surface area contributed by atoms with E-state index < -0.39 is 5.97 Å². The van der Waals surface area contributed by atoms with E-state index in [1.165, 1.54) is 7.11 Å². The lowest BCUT2D eigenvalue weighted by Crippen LogP contribution is -2.36. The first kappa shape index (κ1) is 8.58. The average molecular weight is 170 g/mol. The van der Waals surface area contributed by atoms with E-state index in [1.807, 2.05) is 0 Å². The van der Waals surface area contributed by atoms with Crippen LogP contribution >= 0.6 is 0 Å². The van der Waals surface area contributed by atoms with E-state index in [1.54, 1.807) is 29.7 Å². The molecule has 5 heteroatoms. The molecule has 0 unspecified atom stereocenters. The number of nitrogens with zero attached hydrogens (tertiary/aromatic N) is 2. The smallest absolute Gasteiger partial charge is 0.348 e. The second-order valence-corrected chi connectivity index (χ2v) is 2.52. The van der Waals surface area contributed by atoms with Crippen LogP contribution in [-0.2, 0) is 18.8 Å². The molecule has 0 fully saturated rings. The average Bonchev–Trinajstić information content (AvgIpc) is 2.32. The van der Waals surface area contributed by atoms with E-state index in [9.17, 15) is 4.79 Å². The third kappa shape index (κ3) is 1.13. The summed E-state index contributed by atoms with van der Waals surface area (Å²) in [6, 6.07) is 0. The van der Waals surface area contributed by atoms with Gasteiger partial charge in [-0.3, -0.25) is 0 Å². The molecule has 0 spiro atoms. The van der Waals surface area contributed by atoms with Crippen LogP contribution in [0.5, 0.6) is 0 Å². The second-order valence-electron chi connectivity index (χ2n) is 2.52. The second kappa shape index (κ2) is 2.84. The maximum Gasteiger partial charge on any atom is 0.348 e. The summed E-state index contributed by atoms with van der Waals surface area (Å²) in [5.74, 6) is -0.00644. The zero-order valence-electron chi connectivity index (χ0n) is 7.37. The molecule has 0 amide bonds. The Hall–Kier alpha value is -1.52. The van der Waals surface area contributed by atoms with Crippen molar-refractivity contribution in [2.24, 2.45) is 14.1 Å². The molecule has 0 aliphatic carbocycles. The van der Waals surface area contributed by atoms with Gasteiger partial charge in [0.2, 0.25) is 6.20 Å². The number of carbonyl (C=O) groups is 1. The molecule has 0 saturated carbocycles. The van der Waals surface area contributed by atoms with Crippen LogP contribution in [0.25, 0.3) is 0 Å². The maximum absolute atomic E-state index is 11.1. The lowest BCUT2D eigenvalue weighted by molar-refractivity contribution is -0.750. The van der Waals surface area contributed by atoms with Crippen molar-refractivity contribution < 1.29 is 14.2 Å². The molecule has 0 saturated heterocycles. The van der Waals surface area contributed by atoms with Gasteiger partial charge in [-0.1, -0.05) is 0 Å². The number of anilines is 1. The molecule has 1 aromatic rings. The molecule has 2 N–H and O–H groups in total. The fourth-order valence-corrected chi connectivity index (χ4v) is 0.951. The van der Waals surface area contributed by atoms with Gasteiger partial charge in [0.05, 0.1) is 14.2 Å². The number of esters is 1. The minimum Gasteiger partial charge on any atom is -0.465 e. The SMILES string of the molecule is COC(=O)c1c[n+](C)n(C)c1N. The largest absolute Gasteiger partial charge is 0.465 e. The topological polar surface area (TPSA) is 61.1 Å². The Kier molecular flexibility index (Phi) is 2.03. The zero-order valence-corrected chi connectivity index (χ0v) is 7.37. The predicted octanol–water partition coefficient (Wildman–Crippen LogP) is -0.782. The van der Waals surface area contributed by atoms with Crippen LogP contribution in [0.2, 0.25) is 0 Å². The Morgan fingerprint density at radius 2 is 2.33 bits per heavy atom. The summed E-state index contributed by atoms with van der Waals surface area (Å²) in [6.07, 6.45) is 1.63. The molecule has 0 aromatic carbocycles. The highest BCUT2D eigenvalue weighted by atomic mass is 16.5. The van der Waals surface area contributed by atoms with Gasteiger partial charge in [0, 0.05) is 0 Å². The number of aromatic nitrogens is 2. The van der Waals surface area contributed by atoms with Crippen molar-refractivity contribution in [1.82, 2.24) is 4.68 Å². The Morgan fingerprint density at radius 1 is 1.75 bits per heavy atom. The lowest BCUT2D eigenvalue weighted by atomic mass is 10.3. The third-order valence-corrected chi connectivity index (χ3v) is 1.82. The molecule has 0 aliphatic heterocycles. The van der Waals surface area contributed by atoms with E-state index in [0.717, 1.165) is 0 Å². The van der Waals surface area contributed by atoms with Crippen molar-refractivity contribution in [1.29, 1.82) is 0 Å². The molecule has 66 valence electrons. The highest BCUT2D eigenvalue weighted by Crippen LogP contribution is 2.08. The number of nitrogen functional groups attached to an aromatic ring is 1. The first-order valence-corrected chi connectivity index (χ1v) is 3.47. The lowest BCUT2D eigenvalue weighted by Gasteiger charge is -1.94. The van der Waals surface area contributed by atoms with E-state index >= 15 is 0 Å². The molecule has 0 atom stereocenters. The fraction of sp³-hybridized carbons (Fsp3) is 0.429. The van der Waals surface area contributed by atoms with Crippen molar-refractivity contribution in [3.63, 3.8) is 0 Å². The van der Waals surface area contributed by atoms with Crippen molar-refractivity contribution in [2.45, 2.75) is 0 Å². The quantitative estimate of drug-likeness (QED) is 0.444. The fourth-order valence-electron chi connectivity index (χ4n) is 0.951. The standard InChI is InChI=1S/C7H11N3O2/c1-9-4-5(7(11)12-3)6(8)10(9)2/h4,8H,1-3H3/p+1. The number of ether oxygens (including phenoxy) is 1. The van der Waals surface area contributed by atoms with Crippen molar-refractivity contribution >= 4 is 11.8 Å². The normalized spacial score (nSPS) is 9.92. The first-order valence-electron chi connectivity index (χ1n) is 3.47. The number of nitrogens with two attached hydrogens (primary N) is 1. The van der Waals surface area contributed by atoms with Gasteiger partial charge in [0.15, 0.2) is 18.4 Å². The molecule has 1 aromatic heterocycles. The summed E-state index contributed by atoms with van der Waals surface area (Å²) in [4.78, 5) is 11.1. The van der Waals surface area contributed by atoms with E-state index in [-0.39, 0.29) is 0 Å². The van der Waals surface area contributed by atoms with Gasteiger partial charge < -0.3 is 10.5 Å². The molecule has 0 bridgehead atoms. The van der Waals surface area contributed by atoms with Crippen LogP contribution in [0.15, 0.2) is 6.20 Å². The van der Waals surface area contributed by atoms with Gasteiger partial charge >= 0.3 is 5.97 Å². The van der Waals surface area contributed by atoms with E-state index in [4.69, 9.17) is 5.73 Å². The first-order chi connectivity index (χ1) is 5.57. The molecule has 5 nitrogen and oxygen atoms in total. The number of hydrogen-bond acceptors (Lipinski definition) is 3. The number of rotatable bonds is 1. The summed E-state index contributed by atoms with van der Waals surface area (Å²) in [6.45, 7) is 0. The Bertz CT molecular complexity index is 317. The van der Waals surface area contributed by atoms with Gasteiger partial charge in [0.1, 0.15) is 0 Å². The van der Waals surface area contributed by atoms with Gasteiger partial charge in [-0.05, 0) is 0 Å². The van der Waals surface area contributed by atoms with Crippen molar-refractivity contribution in [3.8, 4) is 0 Å². The minimum absolute atomic E-state index is 0.391. The summed E-state index contributed by atoms with van der Waals surface area (Å²) >= 11 is 0. The predicted molar refractivity (Wildman–Crippen MR) is 42.3 cm³/mol. The minimum atomic E-state index is -0.413. The molecule has 12 heavy (non-hydrogen) atoms. The zero-order chi connectivity index (χ0) is 9.30. The van der Waals surface area contributed by atoms with Crippen molar-refractivity contribution in [2.75, 3.05) is 12.8 Å². The third-order valence-electron chi connectivity index (χ3n) is 1.82. The number of aryl methyl sites for hydroxylation is 1. The van der Waals surface area contributed by atoms with Gasteiger partial charge in [-0.15, -0.1) is 9.36 Å². The summed E-state index contributed by atoms with van der Waals surface area (Å²) in [5.41, 5.74) is 6.01. The highest BCUT2D eigenvalue weighted by molar-refractivity contribution is 5.93. The molecule has 1 rings (SSSR count). The van der Waals surface area contributed by atoms with Crippen LogP contribution in [0.4, 0.5) is 5.82 Å². The number of hydrogen-bond donors (Lipinski definition) is 1. The van der Waals surface area contributed by atoms with Gasteiger partial charge in [-0.25, -0.2) is 4.79 Å². The van der Waals surface area contributed by atoms with E-state index in [0.29, 0.717) is 11.4 Å².